The molecule has 0 radical (unpaired) electrons. The molecule has 2 atom stereocenters. The molecule has 2 aliphatic heterocycles. The number of benzene rings is 2. The zero-order valence-electron chi connectivity index (χ0n) is 16.5. The maximum atomic E-state index is 13.2. The lowest BCUT2D eigenvalue weighted by molar-refractivity contribution is 0.324. The molecule has 2 aromatic carbocycles. The van der Waals surface area contributed by atoms with Crippen molar-refractivity contribution in [3.05, 3.63) is 77.9 Å². The minimum absolute atomic E-state index is 0.0658. The summed E-state index contributed by atoms with van der Waals surface area (Å²) >= 11 is 0. The Balaban J connectivity index is 1.45. The van der Waals surface area contributed by atoms with Crippen molar-refractivity contribution in [2.24, 2.45) is 0 Å². The van der Waals surface area contributed by atoms with E-state index in [0.29, 0.717) is 24.5 Å². The summed E-state index contributed by atoms with van der Waals surface area (Å²) in [5.74, 6) is 0.193. The van der Waals surface area contributed by atoms with Crippen molar-refractivity contribution in [3.8, 4) is 16.9 Å². The molecule has 0 bridgehead atoms. The fourth-order valence-electron chi connectivity index (χ4n) is 4.61. The quantitative estimate of drug-likeness (QED) is 0.599. The summed E-state index contributed by atoms with van der Waals surface area (Å²) < 4.78 is 44.8. The predicted molar refractivity (Wildman–Crippen MR) is 112 cm³/mol. The van der Waals surface area contributed by atoms with E-state index in [0.717, 1.165) is 28.0 Å². The van der Waals surface area contributed by atoms with E-state index >= 15 is 0 Å². The second-order valence-electron chi connectivity index (χ2n) is 7.86. The summed E-state index contributed by atoms with van der Waals surface area (Å²) in [6.45, 7) is 1.86. The molecule has 0 amide bonds. The van der Waals surface area contributed by atoms with Gasteiger partial charge in [-0.25, -0.2) is 13.4 Å². The van der Waals surface area contributed by atoms with Crippen molar-refractivity contribution in [1.29, 1.82) is 0 Å². The van der Waals surface area contributed by atoms with E-state index in [1.807, 2.05) is 30.3 Å². The van der Waals surface area contributed by atoms with Crippen LogP contribution in [0.1, 0.15) is 17.0 Å². The zero-order chi connectivity index (χ0) is 20.9. The Labute approximate surface area is 175 Å². The second-order valence-corrected chi connectivity index (χ2v) is 9.99. The van der Waals surface area contributed by atoms with E-state index in [-0.39, 0.29) is 5.92 Å². The smallest absolute Gasteiger partial charge is 0.212 e. The first kappa shape index (κ1) is 19.2. The molecule has 0 unspecified atom stereocenters. The van der Waals surface area contributed by atoms with Crippen molar-refractivity contribution in [3.63, 3.8) is 0 Å². The number of fused-ring (bicyclic) bond motifs is 3. The summed E-state index contributed by atoms with van der Waals surface area (Å²) in [5.41, 5.74) is 3.57. The number of aromatic nitrogens is 1. The van der Waals surface area contributed by atoms with Gasteiger partial charge in [0.25, 0.3) is 0 Å². The highest BCUT2D eigenvalue weighted by atomic mass is 32.2. The third kappa shape index (κ3) is 3.18. The van der Waals surface area contributed by atoms with Gasteiger partial charge < -0.3 is 4.74 Å². The highest BCUT2D eigenvalue weighted by Crippen LogP contribution is 2.46. The number of nitrogens with zero attached hydrogens (tertiary/aromatic N) is 2. The molecular formula is C23H21FN2O3S. The predicted octanol–water partition coefficient (Wildman–Crippen LogP) is 3.65. The highest BCUT2D eigenvalue weighted by Gasteiger charge is 2.50. The summed E-state index contributed by atoms with van der Waals surface area (Å²) in [7, 11) is -1.73. The van der Waals surface area contributed by atoms with Gasteiger partial charge in [-0.05, 0) is 53.1 Å². The molecule has 2 aliphatic rings. The lowest BCUT2D eigenvalue weighted by atomic mass is 9.95. The summed E-state index contributed by atoms with van der Waals surface area (Å²) in [5, 5.41) is -0.431. The molecule has 1 aromatic heterocycles. The van der Waals surface area contributed by atoms with E-state index < -0.39 is 21.0 Å². The van der Waals surface area contributed by atoms with Crippen LogP contribution in [0.2, 0.25) is 0 Å². The van der Waals surface area contributed by atoms with Crippen LogP contribution in [-0.4, -0.2) is 43.8 Å². The van der Waals surface area contributed by atoms with Crippen LogP contribution >= 0.6 is 0 Å². The van der Waals surface area contributed by atoms with Gasteiger partial charge in [0.15, 0.2) is 9.84 Å². The topological polar surface area (TPSA) is 59.5 Å². The second kappa shape index (κ2) is 7.18. The van der Waals surface area contributed by atoms with Crippen LogP contribution in [0.25, 0.3) is 11.1 Å². The molecule has 0 spiro atoms. The molecule has 0 aliphatic carbocycles. The maximum Gasteiger partial charge on any atom is 0.212 e. The Morgan fingerprint density at radius 3 is 2.70 bits per heavy atom. The van der Waals surface area contributed by atoms with E-state index in [4.69, 9.17) is 4.74 Å². The van der Waals surface area contributed by atoms with Gasteiger partial charge in [-0.3, -0.25) is 4.90 Å². The number of pyridine rings is 1. The monoisotopic (exact) mass is 424 g/mol. The number of halogens is 1. The van der Waals surface area contributed by atoms with Crippen LogP contribution in [-0.2, 0) is 16.4 Å². The lowest BCUT2D eigenvalue weighted by Crippen LogP contribution is -2.25. The average molecular weight is 424 g/mol. The Hall–Kier alpha value is -2.77. The molecule has 5 nitrogen and oxygen atoms in total. The van der Waals surface area contributed by atoms with Gasteiger partial charge in [-0.15, -0.1) is 0 Å². The number of sulfone groups is 1. The van der Waals surface area contributed by atoms with Crippen molar-refractivity contribution >= 4 is 9.84 Å². The van der Waals surface area contributed by atoms with E-state index in [9.17, 15) is 12.8 Å². The van der Waals surface area contributed by atoms with Crippen LogP contribution in [0.4, 0.5) is 4.39 Å². The fraction of sp³-hybridized carbons (Fsp3) is 0.261. The van der Waals surface area contributed by atoms with Crippen LogP contribution in [0.3, 0.4) is 0 Å². The third-order valence-corrected chi connectivity index (χ3v) is 8.32. The number of methoxy groups -OCH3 is 1. The van der Waals surface area contributed by atoms with Gasteiger partial charge in [-0.2, -0.15) is 4.39 Å². The Morgan fingerprint density at radius 1 is 1.10 bits per heavy atom. The fourth-order valence-corrected chi connectivity index (χ4v) is 6.80. The summed E-state index contributed by atoms with van der Waals surface area (Å²) in [6.07, 6.45) is 1.47. The first-order valence-corrected chi connectivity index (χ1v) is 11.4. The first-order valence-electron chi connectivity index (χ1n) is 9.81. The number of hydrogen-bond donors (Lipinski definition) is 0. The third-order valence-electron chi connectivity index (χ3n) is 6.06. The van der Waals surface area contributed by atoms with Crippen molar-refractivity contribution in [1.82, 2.24) is 9.88 Å². The van der Waals surface area contributed by atoms with E-state index in [1.165, 1.54) is 12.3 Å². The van der Waals surface area contributed by atoms with Crippen LogP contribution in [0.5, 0.6) is 5.75 Å². The minimum atomic E-state index is -3.37. The summed E-state index contributed by atoms with van der Waals surface area (Å²) in [6, 6.07) is 16.2. The first-order chi connectivity index (χ1) is 14.5. The minimum Gasteiger partial charge on any atom is -0.497 e. The van der Waals surface area contributed by atoms with E-state index in [1.54, 1.807) is 25.3 Å². The van der Waals surface area contributed by atoms with Crippen LogP contribution < -0.4 is 4.74 Å². The van der Waals surface area contributed by atoms with Gasteiger partial charge in [0.05, 0.1) is 17.3 Å². The number of rotatable bonds is 4. The molecule has 154 valence electrons. The maximum absolute atomic E-state index is 13.2. The molecule has 5 rings (SSSR count). The Kier molecular flexibility index (Phi) is 4.60. The van der Waals surface area contributed by atoms with E-state index in [2.05, 4.69) is 9.88 Å². The molecule has 0 N–H and O–H groups in total. The largest absolute Gasteiger partial charge is 0.497 e. The van der Waals surface area contributed by atoms with Crippen molar-refractivity contribution in [2.45, 2.75) is 22.6 Å². The zero-order valence-corrected chi connectivity index (χ0v) is 17.3. The standard InChI is InChI=1S/C23H21FN2O3S/c1-29-18-4-2-3-15(9-18)12-26-13-20-19-10-16(17-6-8-23(24)25-11-17)5-7-21(19)30(27,28)22(20)14-26/h2-11,20,22H,12-14H2,1H3/t20-,22+/m0/s1. The Morgan fingerprint density at radius 2 is 1.93 bits per heavy atom. The molecule has 7 heteroatoms. The molecular weight excluding hydrogens is 403 g/mol. The number of hydrogen-bond acceptors (Lipinski definition) is 5. The summed E-state index contributed by atoms with van der Waals surface area (Å²) in [4.78, 5) is 6.33. The van der Waals surface area contributed by atoms with Crippen molar-refractivity contribution < 1.29 is 17.5 Å². The van der Waals surface area contributed by atoms with Gasteiger partial charge >= 0.3 is 0 Å². The molecule has 1 fully saturated rings. The molecule has 0 saturated carbocycles. The molecule has 3 aromatic rings. The number of likely N-dealkylation sites (tertiary alicyclic amines) is 1. The van der Waals surface area contributed by atoms with Gasteiger partial charge in [-0.1, -0.05) is 18.2 Å². The Bertz CT molecular complexity index is 1210. The SMILES string of the molecule is COc1cccc(CN2C[C@@H]3[C@@H](C2)c2cc(-c4ccc(F)nc4)ccc2S3(=O)=O)c1. The number of ether oxygens (including phenoxy) is 1. The van der Waals surface area contributed by atoms with Crippen molar-refractivity contribution in [2.75, 3.05) is 20.2 Å². The normalized spacial score (nSPS) is 21.9. The van der Waals surface area contributed by atoms with Crippen LogP contribution in [0, 0.1) is 5.95 Å². The van der Waals surface area contributed by atoms with Gasteiger partial charge in [0, 0.05) is 37.3 Å². The molecule has 30 heavy (non-hydrogen) atoms. The van der Waals surface area contributed by atoms with Gasteiger partial charge in [0.1, 0.15) is 5.75 Å². The average Bonchev–Trinajstić information content (AvgIpc) is 3.26. The molecule has 1 saturated heterocycles. The molecule has 3 heterocycles. The lowest BCUT2D eigenvalue weighted by Gasteiger charge is -2.18. The highest BCUT2D eigenvalue weighted by molar-refractivity contribution is 7.92. The van der Waals surface area contributed by atoms with Crippen LogP contribution in [0.15, 0.2) is 65.7 Å². The van der Waals surface area contributed by atoms with Gasteiger partial charge in [0.2, 0.25) is 5.95 Å².